The highest BCUT2D eigenvalue weighted by atomic mass is 19.1. The number of halogens is 1. The fraction of sp³-hybridized carbons (Fsp3) is 0.500. The maximum absolute atomic E-state index is 13.7. The SMILES string of the molecule is COCc1cc(C(C)CO)c(F)cc1OC. The Balaban J connectivity index is 3.16. The number of benzene rings is 1. The summed E-state index contributed by atoms with van der Waals surface area (Å²) in [7, 11) is 3.06. The van der Waals surface area contributed by atoms with Gasteiger partial charge in [-0.15, -0.1) is 0 Å². The summed E-state index contributed by atoms with van der Waals surface area (Å²) in [6.45, 7) is 2.03. The number of methoxy groups -OCH3 is 2. The summed E-state index contributed by atoms with van der Waals surface area (Å²) < 4.78 is 23.7. The third kappa shape index (κ3) is 2.71. The Morgan fingerprint density at radius 1 is 1.38 bits per heavy atom. The largest absolute Gasteiger partial charge is 0.496 e. The standard InChI is InChI=1S/C12H17FO3/c1-8(6-14)10-4-9(7-15-2)12(16-3)5-11(10)13/h4-5,8,14H,6-7H2,1-3H3. The van der Waals surface area contributed by atoms with Crippen LogP contribution in [-0.4, -0.2) is 25.9 Å². The maximum atomic E-state index is 13.7. The van der Waals surface area contributed by atoms with Gasteiger partial charge in [-0.25, -0.2) is 4.39 Å². The van der Waals surface area contributed by atoms with E-state index >= 15 is 0 Å². The second-order valence-corrected chi connectivity index (χ2v) is 3.70. The number of aliphatic hydroxyl groups excluding tert-OH is 1. The van der Waals surface area contributed by atoms with E-state index in [1.54, 1.807) is 20.1 Å². The Bertz CT molecular complexity index is 352. The van der Waals surface area contributed by atoms with Gasteiger partial charge in [0, 0.05) is 31.3 Å². The predicted octanol–water partition coefficient (Wildman–Crippen LogP) is 2.08. The quantitative estimate of drug-likeness (QED) is 0.838. The number of rotatable bonds is 5. The van der Waals surface area contributed by atoms with Gasteiger partial charge in [-0.2, -0.15) is 0 Å². The predicted molar refractivity (Wildman–Crippen MR) is 59.2 cm³/mol. The molecule has 1 rings (SSSR count). The zero-order chi connectivity index (χ0) is 12.1. The van der Waals surface area contributed by atoms with Crippen LogP contribution >= 0.6 is 0 Å². The summed E-state index contributed by atoms with van der Waals surface area (Å²) in [5.74, 6) is -0.131. The number of hydrogen-bond donors (Lipinski definition) is 1. The van der Waals surface area contributed by atoms with Crippen LogP contribution in [0.1, 0.15) is 24.0 Å². The highest BCUT2D eigenvalue weighted by Crippen LogP contribution is 2.27. The van der Waals surface area contributed by atoms with Gasteiger partial charge in [-0.05, 0) is 11.6 Å². The Labute approximate surface area is 94.8 Å². The molecule has 0 aliphatic rings. The lowest BCUT2D eigenvalue weighted by Crippen LogP contribution is -2.05. The van der Waals surface area contributed by atoms with Gasteiger partial charge < -0.3 is 14.6 Å². The minimum atomic E-state index is -0.363. The van der Waals surface area contributed by atoms with E-state index in [-0.39, 0.29) is 18.3 Å². The molecule has 0 radical (unpaired) electrons. The van der Waals surface area contributed by atoms with Crippen molar-refractivity contribution in [2.24, 2.45) is 0 Å². The molecule has 0 saturated carbocycles. The van der Waals surface area contributed by atoms with Crippen molar-refractivity contribution in [3.8, 4) is 5.75 Å². The normalized spacial score (nSPS) is 12.6. The third-order valence-electron chi connectivity index (χ3n) is 2.50. The molecule has 0 bridgehead atoms. The van der Waals surface area contributed by atoms with Crippen molar-refractivity contribution in [2.75, 3.05) is 20.8 Å². The smallest absolute Gasteiger partial charge is 0.130 e. The lowest BCUT2D eigenvalue weighted by Gasteiger charge is -2.14. The highest BCUT2D eigenvalue weighted by molar-refractivity contribution is 5.39. The molecular formula is C12H17FO3. The van der Waals surface area contributed by atoms with Crippen molar-refractivity contribution in [3.05, 3.63) is 29.1 Å². The molecule has 0 aromatic heterocycles. The van der Waals surface area contributed by atoms with E-state index in [1.165, 1.54) is 13.2 Å². The van der Waals surface area contributed by atoms with Crippen LogP contribution in [0.4, 0.5) is 4.39 Å². The van der Waals surface area contributed by atoms with E-state index in [0.717, 1.165) is 5.56 Å². The molecule has 16 heavy (non-hydrogen) atoms. The van der Waals surface area contributed by atoms with Gasteiger partial charge in [0.25, 0.3) is 0 Å². The summed E-state index contributed by atoms with van der Waals surface area (Å²) in [5.41, 5.74) is 1.26. The second kappa shape index (κ2) is 5.82. The summed E-state index contributed by atoms with van der Waals surface area (Å²) >= 11 is 0. The van der Waals surface area contributed by atoms with Crippen LogP contribution in [-0.2, 0) is 11.3 Å². The van der Waals surface area contributed by atoms with E-state index in [2.05, 4.69) is 0 Å². The molecule has 1 N–H and O–H groups in total. The van der Waals surface area contributed by atoms with Crippen molar-refractivity contribution in [1.29, 1.82) is 0 Å². The molecule has 4 heteroatoms. The maximum Gasteiger partial charge on any atom is 0.130 e. The minimum absolute atomic E-state index is 0.0876. The average molecular weight is 228 g/mol. The van der Waals surface area contributed by atoms with Gasteiger partial charge >= 0.3 is 0 Å². The molecule has 0 heterocycles. The molecule has 1 atom stereocenters. The molecule has 1 aromatic carbocycles. The summed E-state index contributed by atoms with van der Waals surface area (Å²) in [6.07, 6.45) is 0. The summed E-state index contributed by atoms with van der Waals surface area (Å²) in [4.78, 5) is 0. The molecule has 0 spiro atoms. The number of ether oxygens (including phenoxy) is 2. The van der Waals surface area contributed by atoms with Crippen molar-refractivity contribution in [3.63, 3.8) is 0 Å². The van der Waals surface area contributed by atoms with Gasteiger partial charge in [-0.3, -0.25) is 0 Å². The number of aliphatic hydroxyl groups is 1. The van der Waals surface area contributed by atoms with Crippen LogP contribution in [0.15, 0.2) is 12.1 Å². The van der Waals surface area contributed by atoms with Crippen molar-refractivity contribution < 1.29 is 19.0 Å². The molecule has 3 nitrogen and oxygen atoms in total. The lowest BCUT2D eigenvalue weighted by molar-refractivity contribution is 0.181. The average Bonchev–Trinajstić information content (AvgIpc) is 2.30. The molecule has 90 valence electrons. The van der Waals surface area contributed by atoms with Crippen LogP contribution in [0.5, 0.6) is 5.75 Å². The molecule has 0 aliphatic carbocycles. The van der Waals surface area contributed by atoms with Crippen LogP contribution < -0.4 is 4.74 Å². The Kier molecular flexibility index (Phi) is 4.71. The van der Waals surface area contributed by atoms with Crippen molar-refractivity contribution in [1.82, 2.24) is 0 Å². The fourth-order valence-corrected chi connectivity index (χ4v) is 1.55. The van der Waals surface area contributed by atoms with Gasteiger partial charge in [0.15, 0.2) is 0 Å². The van der Waals surface area contributed by atoms with E-state index < -0.39 is 0 Å². The van der Waals surface area contributed by atoms with Gasteiger partial charge in [0.1, 0.15) is 11.6 Å². The molecule has 0 fully saturated rings. The van der Waals surface area contributed by atoms with Gasteiger partial charge in [0.05, 0.1) is 13.7 Å². The lowest BCUT2D eigenvalue weighted by atomic mass is 9.98. The second-order valence-electron chi connectivity index (χ2n) is 3.70. The minimum Gasteiger partial charge on any atom is -0.496 e. The molecular weight excluding hydrogens is 211 g/mol. The van der Waals surface area contributed by atoms with Crippen LogP contribution in [0, 0.1) is 5.82 Å². The summed E-state index contributed by atoms with van der Waals surface area (Å²) in [5, 5.41) is 9.03. The Morgan fingerprint density at radius 3 is 2.56 bits per heavy atom. The third-order valence-corrected chi connectivity index (χ3v) is 2.50. The zero-order valence-electron chi connectivity index (χ0n) is 9.79. The molecule has 1 unspecified atom stereocenters. The van der Waals surface area contributed by atoms with E-state index in [4.69, 9.17) is 14.6 Å². The first-order chi connectivity index (χ1) is 7.63. The van der Waals surface area contributed by atoms with E-state index in [1.807, 2.05) is 0 Å². The first-order valence-corrected chi connectivity index (χ1v) is 5.10. The summed E-state index contributed by atoms with van der Waals surface area (Å²) in [6, 6.07) is 3.01. The first-order valence-electron chi connectivity index (χ1n) is 5.10. The number of hydrogen-bond acceptors (Lipinski definition) is 3. The Morgan fingerprint density at radius 2 is 2.06 bits per heavy atom. The van der Waals surface area contributed by atoms with Gasteiger partial charge in [0.2, 0.25) is 0 Å². The Hall–Kier alpha value is -1.13. The van der Waals surface area contributed by atoms with Crippen LogP contribution in [0.3, 0.4) is 0 Å². The zero-order valence-corrected chi connectivity index (χ0v) is 9.79. The van der Waals surface area contributed by atoms with Gasteiger partial charge in [-0.1, -0.05) is 6.92 Å². The topological polar surface area (TPSA) is 38.7 Å². The molecule has 1 aromatic rings. The molecule has 0 aliphatic heterocycles. The van der Waals surface area contributed by atoms with Crippen LogP contribution in [0.2, 0.25) is 0 Å². The molecule has 0 saturated heterocycles. The van der Waals surface area contributed by atoms with E-state index in [9.17, 15) is 4.39 Å². The van der Waals surface area contributed by atoms with Crippen molar-refractivity contribution >= 4 is 0 Å². The monoisotopic (exact) mass is 228 g/mol. The van der Waals surface area contributed by atoms with Crippen molar-refractivity contribution in [2.45, 2.75) is 19.4 Å². The highest BCUT2D eigenvalue weighted by Gasteiger charge is 2.14. The first kappa shape index (κ1) is 12.9. The van der Waals surface area contributed by atoms with E-state index in [0.29, 0.717) is 17.9 Å². The fourth-order valence-electron chi connectivity index (χ4n) is 1.55. The molecule has 0 amide bonds. The van der Waals surface area contributed by atoms with Crippen LogP contribution in [0.25, 0.3) is 0 Å².